The Morgan fingerprint density at radius 1 is 1.20 bits per heavy atom. The molecule has 1 heterocycles. The molecule has 0 unspecified atom stereocenters. The van der Waals surface area contributed by atoms with Crippen molar-refractivity contribution in [1.29, 1.82) is 0 Å². The highest BCUT2D eigenvalue weighted by Gasteiger charge is 2.18. The second-order valence-electron chi connectivity index (χ2n) is 5.85. The van der Waals surface area contributed by atoms with Crippen LogP contribution in [0.25, 0.3) is 0 Å². The fraction of sp³-hybridized carbons (Fsp3) is 0.211. The van der Waals surface area contributed by atoms with Gasteiger partial charge in [-0.05, 0) is 43.5 Å². The summed E-state index contributed by atoms with van der Waals surface area (Å²) in [5.74, 6) is 0.329. The number of nitrogens with one attached hydrogen (secondary N) is 1. The number of allylic oxidation sites excluding steroid dienone is 2. The summed E-state index contributed by atoms with van der Waals surface area (Å²) in [6.45, 7) is 0. The number of hydrogen-bond acceptors (Lipinski definition) is 4. The molecule has 0 aliphatic heterocycles. The van der Waals surface area contributed by atoms with Gasteiger partial charge in [-0.1, -0.05) is 18.2 Å². The van der Waals surface area contributed by atoms with Crippen LogP contribution in [-0.4, -0.2) is 16.8 Å². The van der Waals surface area contributed by atoms with E-state index in [-0.39, 0.29) is 11.8 Å². The SMILES string of the molecule is NC(=O)c1cccc(Oc2ccc(NC(=O)[C@H]3CC=CCC3)cn2)c1. The van der Waals surface area contributed by atoms with Gasteiger partial charge in [0.2, 0.25) is 17.7 Å². The van der Waals surface area contributed by atoms with Crippen molar-refractivity contribution in [3.63, 3.8) is 0 Å². The van der Waals surface area contributed by atoms with Crippen molar-refractivity contribution in [1.82, 2.24) is 4.98 Å². The highest BCUT2D eigenvalue weighted by atomic mass is 16.5. The molecular formula is C19H19N3O3. The number of pyridine rings is 1. The minimum absolute atomic E-state index is 0.00831. The molecule has 0 saturated heterocycles. The lowest BCUT2D eigenvalue weighted by Crippen LogP contribution is -2.23. The molecule has 1 aliphatic rings. The maximum absolute atomic E-state index is 12.2. The predicted octanol–water partition coefficient (Wildman–Crippen LogP) is 3.27. The molecule has 1 atom stereocenters. The third-order valence-electron chi connectivity index (χ3n) is 3.98. The first kappa shape index (κ1) is 16.7. The molecule has 2 aromatic rings. The van der Waals surface area contributed by atoms with Crippen LogP contribution >= 0.6 is 0 Å². The maximum atomic E-state index is 12.2. The van der Waals surface area contributed by atoms with Gasteiger partial charge in [0.15, 0.2) is 0 Å². The number of ether oxygens (including phenoxy) is 1. The topological polar surface area (TPSA) is 94.3 Å². The molecule has 1 aliphatic carbocycles. The van der Waals surface area contributed by atoms with E-state index in [4.69, 9.17) is 10.5 Å². The number of primary amides is 1. The third kappa shape index (κ3) is 4.44. The van der Waals surface area contributed by atoms with E-state index in [9.17, 15) is 9.59 Å². The molecule has 128 valence electrons. The Hall–Kier alpha value is -3.15. The summed E-state index contributed by atoms with van der Waals surface area (Å²) in [6, 6.07) is 9.95. The molecule has 1 aromatic heterocycles. The van der Waals surface area contributed by atoms with E-state index in [1.165, 1.54) is 0 Å². The van der Waals surface area contributed by atoms with Gasteiger partial charge >= 0.3 is 0 Å². The highest BCUT2D eigenvalue weighted by Crippen LogP contribution is 2.23. The first-order valence-electron chi connectivity index (χ1n) is 8.11. The van der Waals surface area contributed by atoms with Gasteiger partial charge in [0.25, 0.3) is 0 Å². The summed E-state index contributed by atoms with van der Waals surface area (Å²) in [5, 5.41) is 2.87. The fourth-order valence-corrected chi connectivity index (χ4v) is 2.62. The smallest absolute Gasteiger partial charge is 0.248 e. The first-order chi connectivity index (χ1) is 12.1. The van der Waals surface area contributed by atoms with Gasteiger partial charge in [-0.3, -0.25) is 9.59 Å². The Balaban J connectivity index is 1.62. The second kappa shape index (κ2) is 7.61. The summed E-state index contributed by atoms with van der Waals surface area (Å²) in [7, 11) is 0. The number of rotatable bonds is 5. The van der Waals surface area contributed by atoms with Crippen LogP contribution in [-0.2, 0) is 4.79 Å². The van der Waals surface area contributed by atoms with E-state index < -0.39 is 5.91 Å². The van der Waals surface area contributed by atoms with Crippen molar-refractivity contribution in [3.8, 4) is 11.6 Å². The van der Waals surface area contributed by atoms with E-state index >= 15 is 0 Å². The van der Waals surface area contributed by atoms with Gasteiger partial charge in [-0.15, -0.1) is 0 Å². The van der Waals surface area contributed by atoms with E-state index in [1.807, 2.05) is 6.08 Å². The fourth-order valence-electron chi connectivity index (χ4n) is 2.62. The second-order valence-corrected chi connectivity index (χ2v) is 5.85. The van der Waals surface area contributed by atoms with Crippen LogP contribution in [0.5, 0.6) is 11.6 Å². The molecule has 1 aromatic carbocycles. The molecule has 0 saturated carbocycles. The summed E-state index contributed by atoms with van der Waals surface area (Å²) < 4.78 is 5.60. The largest absolute Gasteiger partial charge is 0.439 e. The minimum Gasteiger partial charge on any atom is -0.439 e. The van der Waals surface area contributed by atoms with Crippen LogP contribution in [0.2, 0.25) is 0 Å². The number of carbonyl (C=O) groups excluding carboxylic acids is 2. The Labute approximate surface area is 145 Å². The van der Waals surface area contributed by atoms with Gasteiger partial charge in [-0.25, -0.2) is 4.98 Å². The van der Waals surface area contributed by atoms with E-state index in [0.717, 1.165) is 19.3 Å². The molecule has 3 N–H and O–H groups in total. The normalized spacial score (nSPS) is 16.2. The first-order valence-corrected chi connectivity index (χ1v) is 8.11. The van der Waals surface area contributed by atoms with Gasteiger partial charge in [0.05, 0.1) is 11.9 Å². The molecule has 25 heavy (non-hydrogen) atoms. The molecule has 0 bridgehead atoms. The molecule has 2 amide bonds. The zero-order valence-electron chi connectivity index (χ0n) is 13.6. The van der Waals surface area contributed by atoms with Crippen molar-refractivity contribution < 1.29 is 14.3 Å². The van der Waals surface area contributed by atoms with Crippen molar-refractivity contribution in [2.24, 2.45) is 11.7 Å². The lowest BCUT2D eigenvalue weighted by Gasteiger charge is -2.17. The number of nitrogens with two attached hydrogens (primary N) is 1. The summed E-state index contributed by atoms with van der Waals surface area (Å²) >= 11 is 0. The van der Waals surface area contributed by atoms with Gasteiger partial charge in [-0.2, -0.15) is 0 Å². The van der Waals surface area contributed by atoms with E-state index in [0.29, 0.717) is 22.9 Å². The Kier molecular flexibility index (Phi) is 5.09. The maximum Gasteiger partial charge on any atom is 0.248 e. The molecular weight excluding hydrogens is 318 g/mol. The number of amides is 2. The number of carbonyl (C=O) groups is 2. The van der Waals surface area contributed by atoms with Gasteiger partial charge in [0.1, 0.15) is 5.75 Å². The summed E-state index contributed by atoms with van der Waals surface area (Å²) in [4.78, 5) is 27.6. The quantitative estimate of drug-likeness (QED) is 0.819. The zero-order valence-corrected chi connectivity index (χ0v) is 13.6. The zero-order chi connectivity index (χ0) is 17.6. The van der Waals surface area contributed by atoms with Crippen molar-refractivity contribution >= 4 is 17.5 Å². The minimum atomic E-state index is -0.519. The molecule has 6 heteroatoms. The lowest BCUT2D eigenvalue weighted by molar-refractivity contribution is -0.120. The average Bonchev–Trinajstić information content (AvgIpc) is 2.64. The summed E-state index contributed by atoms with van der Waals surface area (Å²) in [6.07, 6.45) is 8.27. The molecule has 0 radical (unpaired) electrons. The number of aromatic nitrogens is 1. The van der Waals surface area contributed by atoms with Gasteiger partial charge < -0.3 is 15.8 Å². The third-order valence-corrected chi connectivity index (χ3v) is 3.98. The standard InChI is InChI=1S/C19H19N3O3/c20-18(23)14-7-4-8-16(11-14)25-17-10-9-15(12-21-17)22-19(24)13-5-2-1-3-6-13/h1-2,4,7-13H,3,5-6H2,(H2,20,23)(H,22,24)/t13-/m0/s1. The number of benzene rings is 1. The Morgan fingerprint density at radius 2 is 2.08 bits per heavy atom. The van der Waals surface area contributed by atoms with Crippen molar-refractivity contribution in [2.75, 3.05) is 5.32 Å². The number of hydrogen-bond donors (Lipinski definition) is 2. The number of nitrogens with zero attached hydrogens (tertiary/aromatic N) is 1. The van der Waals surface area contributed by atoms with E-state index in [1.54, 1.807) is 42.6 Å². The van der Waals surface area contributed by atoms with Crippen molar-refractivity contribution in [2.45, 2.75) is 19.3 Å². The van der Waals surface area contributed by atoms with Crippen LogP contribution < -0.4 is 15.8 Å². The molecule has 0 fully saturated rings. The van der Waals surface area contributed by atoms with Crippen LogP contribution in [0, 0.1) is 5.92 Å². The lowest BCUT2D eigenvalue weighted by atomic mass is 9.93. The Bertz CT molecular complexity index is 800. The summed E-state index contributed by atoms with van der Waals surface area (Å²) in [5.41, 5.74) is 6.24. The van der Waals surface area contributed by atoms with Crippen LogP contribution in [0.15, 0.2) is 54.7 Å². The van der Waals surface area contributed by atoms with Crippen LogP contribution in [0.3, 0.4) is 0 Å². The molecule has 0 spiro atoms. The Morgan fingerprint density at radius 3 is 2.76 bits per heavy atom. The highest BCUT2D eigenvalue weighted by molar-refractivity contribution is 5.93. The molecule has 6 nitrogen and oxygen atoms in total. The monoisotopic (exact) mass is 337 g/mol. The van der Waals surface area contributed by atoms with Gasteiger partial charge in [0, 0.05) is 17.5 Å². The number of anilines is 1. The molecule has 3 rings (SSSR count). The van der Waals surface area contributed by atoms with E-state index in [2.05, 4.69) is 16.4 Å². The predicted molar refractivity (Wildman–Crippen MR) is 94.4 cm³/mol. The average molecular weight is 337 g/mol. The van der Waals surface area contributed by atoms with Crippen molar-refractivity contribution in [3.05, 3.63) is 60.3 Å². The van der Waals surface area contributed by atoms with Crippen LogP contribution in [0.1, 0.15) is 29.6 Å². The van der Waals surface area contributed by atoms with Crippen LogP contribution in [0.4, 0.5) is 5.69 Å².